The topological polar surface area (TPSA) is 58.6 Å². The Labute approximate surface area is 111 Å². The van der Waals surface area contributed by atoms with Gasteiger partial charge in [-0.1, -0.05) is 11.6 Å². The average molecular weight is 270 g/mol. The Balaban J connectivity index is 1.94. The molecular formula is C13H16ClNO3. The van der Waals surface area contributed by atoms with Crippen molar-refractivity contribution in [3.8, 4) is 5.75 Å². The van der Waals surface area contributed by atoms with Crippen molar-refractivity contribution < 1.29 is 14.6 Å². The normalized spacial score (nSPS) is 18.3. The summed E-state index contributed by atoms with van der Waals surface area (Å²) in [6, 6.07) is 5.52. The van der Waals surface area contributed by atoms with Crippen LogP contribution in [0.4, 0.5) is 0 Å². The predicted molar refractivity (Wildman–Crippen MR) is 69.3 cm³/mol. The maximum Gasteiger partial charge on any atom is 0.323 e. The molecule has 0 amide bonds. The monoisotopic (exact) mass is 269 g/mol. The molecule has 0 bridgehead atoms. The van der Waals surface area contributed by atoms with Crippen LogP contribution >= 0.6 is 11.6 Å². The molecule has 0 aromatic heterocycles. The Bertz CT molecular complexity index is 473. The second-order valence-corrected chi connectivity index (χ2v) is 5.44. The van der Waals surface area contributed by atoms with Crippen LogP contribution in [-0.4, -0.2) is 29.3 Å². The summed E-state index contributed by atoms with van der Waals surface area (Å²) in [6.07, 6.45) is 0.704. The van der Waals surface area contributed by atoms with Crippen molar-refractivity contribution in [2.45, 2.75) is 31.9 Å². The molecule has 0 fully saturated rings. The molecule has 1 aromatic carbocycles. The molecule has 0 saturated heterocycles. The van der Waals surface area contributed by atoms with Crippen molar-refractivity contribution in [1.29, 1.82) is 0 Å². The highest BCUT2D eigenvalue weighted by Gasteiger charge is 2.30. The number of carboxylic acid groups (broad SMARTS) is 1. The van der Waals surface area contributed by atoms with Gasteiger partial charge in [-0.25, -0.2) is 0 Å². The van der Waals surface area contributed by atoms with Crippen LogP contribution in [0.1, 0.15) is 19.4 Å². The third kappa shape index (κ3) is 2.76. The fourth-order valence-corrected chi connectivity index (χ4v) is 2.04. The first kappa shape index (κ1) is 13.2. The van der Waals surface area contributed by atoms with Crippen molar-refractivity contribution in [3.63, 3.8) is 0 Å². The summed E-state index contributed by atoms with van der Waals surface area (Å²) in [4.78, 5) is 11.0. The Morgan fingerprint density at radius 2 is 2.33 bits per heavy atom. The first-order chi connectivity index (χ1) is 8.38. The van der Waals surface area contributed by atoms with Crippen LogP contribution in [0.25, 0.3) is 0 Å². The van der Waals surface area contributed by atoms with E-state index in [1.54, 1.807) is 19.9 Å². The Morgan fingerprint density at radius 3 is 3.00 bits per heavy atom. The van der Waals surface area contributed by atoms with Gasteiger partial charge in [-0.15, -0.1) is 0 Å². The Morgan fingerprint density at radius 1 is 1.61 bits per heavy atom. The number of hydrogen-bond donors (Lipinski definition) is 2. The minimum absolute atomic E-state index is 0.0444. The van der Waals surface area contributed by atoms with Crippen molar-refractivity contribution in [2.24, 2.45) is 0 Å². The molecule has 18 heavy (non-hydrogen) atoms. The van der Waals surface area contributed by atoms with E-state index in [-0.39, 0.29) is 6.10 Å². The number of ether oxygens (including phenoxy) is 1. The van der Waals surface area contributed by atoms with E-state index in [9.17, 15) is 4.79 Å². The van der Waals surface area contributed by atoms with Gasteiger partial charge in [0.2, 0.25) is 0 Å². The van der Waals surface area contributed by atoms with Crippen LogP contribution in [0.5, 0.6) is 5.75 Å². The molecule has 1 aromatic rings. The van der Waals surface area contributed by atoms with Crippen molar-refractivity contribution in [2.75, 3.05) is 6.54 Å². The number of benzene rings is 1. The number of carboxylic acids is 1. The number of halogens is 1. The zero-order chi connectivity index (χ0) is 13.3. The molecule has 1 heterocycles. The fourth-order valence-electron chi connectivity index (χ4n) is 1.85. The molecule has 98 valence electrons. The van der Waals surface area contributed by atoms with Gasteiger partial charge in [0.25, 0.3) is 0 Å². The Hall–Kier alpha value is -1.26. The third-order valence-electron chi connectivity index (χ3n) is 3.07. The molecule has 0 radical (unpaired) electrons. The quantitative estimate of drug-likeness (QED) is 0.879. The number of nitrogens with one attached hydrogen (secondary N) is 1. The standard InChI is InChI=1S/C13H16ClNO3/c1-13(2,12(16)17)15-7-10-6-8-5-9(14)3-4-11(8)18-10/h3-5,10,15H,6-7H2,1-2H3,(H,16,17). The van der Waals surface area contributed by atoms with Gasteiger partial charge in [-0.3, -0.25) is 10.1 Å². The largest absolute Gasteiger partial charge is 0.488 e. The van der Waals surface area contributed by atoms with Crippen molar-refractivity contribution >= 4 is 17.6 Å². The summed E-state index contributed by atoms with van der Waals surface area (Å²) >= 11 is 5.91. The van der Waals surface area contributed by atoms with Crippen molar-refractivity contribution in [3.05, 3.63) is 28.8 Å². The van der Waals surface area contributed by atoms with Gasteiger partial charge < -0.3 is 9.84 Å². The molecular weight excluding hydrogens is 254 g/mol. The number of hydrogen-bond acceptors (Lipinski definition) is 3. The van der Waals surface area contributed by atoms with Crippen LogP contribution in [0.2, 0.25) is 5.02 Å². The first-order valence-electron chi connectivity index (χ1n) is 5.82. The lowest BCUT2D eigenvalue weighted by Crippen LogP contribution is -2.50. The van der Waals surface area contributed by atoms with Crippen LogP contribution in [-0.2, 0) is 11.2 Å². The summed E-state index contributed by atoms with van der Waals surface area (Å²) in [5.41, 5.74) is 0.123. The van der Waals surface area contributed by atoms with Crippen molar-refractivity contribution in [1.82, 2.24) is 5.32 Å². The van der Waals surface area contributed by atoms with Gasteiger partial charge in [0, 0.05) is 18.0 Å². The van der Waals surface area contributed by atoms with E-state index in [1.165, 1.54) is 0 Å². The SMILES string of the molecule is CC(C)(NCC1Cc2cc(Cl)ccc2O1)C(=O)O. The molecule has 2 N–H and O–H groups in total. The highest BCUT2D eigenvalue weighted by Crippen LogP contribution is 2.30. The maximum atomic E-state index is 11.0. The van der Waals surface area contributed by atoms with E-state index in [2.05, 4.69) is 5.32 Å². The van der Waals surface area contributed by atoms with Crippen LogP contribution in [0.3, 0.4) is 0 Å². The molecule has 0 aliphatic carbocycles. The second-order valence-electron chi connectivity index (χ2n) is 5.01. The predicted octanol–water partition coefficient (Wildman–Crippen LogP) is 2.10. The molecule has 5 heteroatoms. The van der Waals surface area contributed by atoms with E-state index >= 15 is 0 Å². The molecule has 1 aliphatic rings. The molecule has 0 spiro atoms. The van der Waals surface area contributed by atoms with Crippen LogP contribution in [0.15, 0.2) is 18.2 Å². The number of rotatable bonds is 4. The summed E-state index contributed by atoms with van der Waals surface area (Å²) < 4.78 is 5.72. The summed E-state index contributed by atoms with van der Waals surface area (Å²) in [5, 5.41) is 12.7. The minimum Gasteiger partial charge on any atom is -0.488 e. The van der Waals surface area contributed by atoms with Gasteiger partial charge in [0.15, 0.2) is 0 Å². The fraction of sp³-hybridized carbons (Fsp3) is 0.462. The summed E-state index contributed by atoms with van der Waals surface area (Å²) in [5.74, 6) is -0.0413. The lowest BCUT2D eigenvalue weighted by Gasteiger charge is -2.23. The second kappa shape index (κ2) is 4.78. The summed E-state index contributed by atoms with van der Waals surface area (Å²) in [6.45, 7) is 3.76. The molecule has 1 atom stereocenters. The highest BCUT2D eigenvalue weighted by molar-refractivity contribution is 6.30. The number of fused-ring (bicyclic) bond motifs is 1. The van der Waals surface area contributed by atoms with Gasteiger partial charge >= 0.3 is 5.97 Å². The lowest BCUT2D eigenvalue weighted by molar-refractivity contribution is -0.143. The van der Waals surface area contributed by atoms with Crippen LogP contribution < -0.4 is 10.1 Å². The minimum atomic E-state index is -0.949. The third-order valence-corrected chi connectivity index (χ3v) is 3.31. The average Bonchev–Trinajstić information content (AvgIpc) is 2.68. The molecule has 2 rings (SSSR count). The highest BCUT2D eigenvalue weighted by atomic mass is 35.5. The van der Waals surface area contributed by atoms with E-state index in [0.717, 1.165) is 17.7 Å². The molecule has 4 nitrogen and oxygen atoms in total. The first-order valence-corrected chi connectivity index (χ1v) is 6.20. The smallest absolute Gasteiger partial charge is 0.323 e. The Kier molecular flexibility index (Phi) is 3.50. The van der Waals surface area contributed by atoms with E-state index in [0.29, 0.717) is 11.6 Å². The van der Waals surface area contributed by atoms with Gasteiger partial charge in [0.1, 0.15) is 17.4 Å². The van der Waals surface area contributed by atoms with E-state index in [4.69, 9.17) is 21.4 Å². The molecule has 1 unspecified atom stereocenters. The van der Waals surface area contributed by atoms with Gasteiger partial charge in [-0.05, 0) is 37.6 Å². The van der Waals surface area contributed by atoms with Gasteiger partial charge in [0.05, 0.1) is 0 Å². The maximum absolute atomic E-state index is 11.0. The lowest BCUT2D eigenvalue weighted by atomic mass is 10.1. The number of carbonyl (C=O) groups is 1. The van der Waals surface area contributed by atoms with E-state index in [1.807, 2.05) is 12.1 Å². The van der Waals surface area contributed by atoms with Crippen LogP contribution in [0, 0.1) is 0 Å². The van der Waals surface area contributed by atoms with Gasteiger partial charge in [-0.2, -0.15) is 0 Å². The van der Waals surface area contributed by atoms with E-state index < -0.39 is 11.5 Å². The number of aliphatic carboxylic acids is 1. The molecule has 0 saturated carbocycles. The zero-order valence-corrected chi connectivity index (χ0v) is 11.1. The zero-order valence-electron chi connectivity index (χ0n) is 10.4. The summed E-state index contributed by atoms with van der Waals surface area (Å²) in [7, 11) is 0. The molecule has 1 aliphatic heterocycles.